The van der Waals surface area contributed by atoms with Gasteiger partial charge in [0.05, 0.1) is 13.1 Å². The second-order valence-corrected chi connectivity index (χ2v) is 4.89. The normalized spacial score (nSPS) is 13.5. The van der Waals surface area contributed by atoms with Crippen LogP contribution >= 0.6 is 0 Å². The predicted molar refractivity (Wildman–Crippen MR) is 69.0 cm³/mol. The number of fused-ring (bicyclic) bond motifs is 1. The first-order valence-electron chi connectivity index (χ1n) is 6.31. The second kappa shape index (κ2) is 5.84. The average Bonchev–Trinajstić information content (AvgIpc) is 2.74. The van der Waals surface area contributed by atoms with Crippen molar-refractivity contribution in [1.82, 2.24) is 4.90 Å². The molecular formula is C14H17NO4. The van der Waals surface area contributed by atoms with Crippen molar-refractivity contribution >= 4 is 11.9 Å². The van der Waals surface area contributed by atoms with Crippen LogP contribution in [0.25, 0.3) is 0 Å². The Balaban J connectivity index is 2.07. The summed E-state index contributed by atoms with van der Waals surface area (Å²) in [6.07, 6.45) is 3.32. The largest absolute Gasteiger partial charge is 0.480 e. The van der Waals surface area contributed by atoms with Gasteiger partial charge >= 0.3 is 11.9 Å². The molecule has 0 fully saturated rings. The smallest absolute Gasteiger partial charge is 0.317 e. The van der Waals surface area contributed by atoms with Gasteiger partial charge in [-0.2, -0.15) is 0 Å². The van der Waals surface area contributed by atoms with Crippen LogP contribution in [0.1, 0.15) is 23.1 Å². The molecule has 0 radical (unpaired) electrons. The number of benzene rings is 1. The average molecular weight is 263 g/mol. The van der Waals surface area contributed by atoms with E-state index in [1.807, 2.05) is 6.07 Å². The van der Waals surface area contributed by atoms with Gasteiger partial charge in [0.25, 0.3) is 0 Å². The van der Waals surface area contributed by atoms with Crippen LogP contribution in [0, 0.1) is 0 Å². The van der Waals surface area contributed by atoms with Crippen LogP contribution in [-0.2, 0) is 29.0 Å². The predicted octanol–water partition coefficient (Wildman–Crippen LogP) is 1.15. The number of hydrogen-bond acceptors (Lipinski definition) is 3. The van der Waals surface area contributed by atoms with E-state index in [4.69, 9.17) is 10.2 Å². The Bertz CT molecular complexity index is 482. The maximum absolute atomic E-state index is 10.7. The number of carbonyl (C=O) groups is 2. The zero-order valence-electron chi connectivity index (χ0n) is 10.6. The summed E-state index contributed by atoms with van der Waals surface area (Å²) in [4.78, 5) is 22.9. The van der Waals surface area contributed by atoms with E-state index in [2.05, 4.69) is 12.1 Å². The van der Waals surface area contributed by atoms with E-state index in [1.54, 1.807) is 0 Å². The molecular weight excluding hydrogens is 246 g/mol. The molecule has 5 nitrogen and oxygen atoms in total. The van der Waals surface area contributed by atoms with Crippen molar-refractivity contribution in [2.75, 3.05) is 13.1 Å². The molecule has 0 saturated heterocycles. The van der Waals surface area contributed by atoms with Crippen LogP contribution in [-0.4, -0.2) is 40.1 Å². The van der Waals surface area contributed by atoms with E-state index >= 15 is 0 Å². The van der Waals surface area contributed by atoms with Gasteiger partial charge in [0, 0.05) is 6.54 Å². The summed E-state index contributed by atoms with van der Waals surface area (Å²) in [6.45, 7) is -0.168. The molecule has 0 spiro atoms. The van der Waals surface area contributed by atoms with Gasteiger partial charge in [-0.3, -0.25) is 14.5 Å². The highest BCUT2D eigenvalue weighted by atomic mass is 16.4. The lowest BCUT2D eigenvalue weighted by Gasteiger charge is -2.18. The molecule has 1 aromatic carbocycles. The van der Waals surface area contributed by atoms with E-state index in [0.29, 0.717) is 6.54 Å². The molecule has 0 saturated carbocycles. The van der Waals surface area contributed by atoms with Crippen LogP contribution in [0.4, 0.5) is 0 Å². The molecule has 1 aromatic rings. The molecule has 0 aliphatic heterocycles. The number of hydrogen-bond donors (Lipinski definition) is 2. The summed E-state index contributed by atoms with van der Waals surface area (Å²) in [6, 6.07) is 6.09. The third-order valence-corrected chi connectivity index (χ3v) is 3.29. The van der Waals surface area contributed by atoms with Crippen molar-refractivity contribution in [3.63, 3.8) is 0 Å². The van der Waals surface area contributed by atoms with Crippen LogP contribution in [0.15, 0.2) is 18.2 Å². The van der Waals surface area contributed by atoms with Crippen LogP contribution < -0.4 is 0 Å². The fourth-order valence-corrected chi connectivity index (χ4v) is 2.53. The van der Waals surface area contributed by atoms with Gasteiger partial charge in [-0.05, 0) is 36.0 Å². The molecule has 1 aliphatic carbocycles. The Morgan fingerprint density at radius 1 is 1.05 bits per heavy atom. The highest BCUT2D eigenvalue weighted by molar-refractivity contribution is 5.72. The standard InChI is InChI=1S/C14H17NO4/c16-13(17)8-15(9-14(18)19)7-10-4-5-11-2-1-3-12(11)6-10/h4-6H,1-3,7-9H2,(H,16,17)(H,18,19). The fraction of sp³-hybridized carbons (Fsp3) is 0.429. The first kappa shape index (κ1) is 13.5. The first-order valence-corrected chi connectivity index (χ1v) is 6.31. The first-order chi connectivity index (χ1) is 9.04. The molecule has 0 aromatic heterocycles. The van der Waals surface area contributed by atoms with E-state index in [0.717, 1.165) is 24.8 Å². The lowest BCUT2D eigenvalue weighted by molar-refractivity contribution is -0.142. The monoisotopic (exact) mass is 263 g/mol. The minimum Gasteiger partial charge on any atom is -0.480 e. The van der Waals surface area contributed by atoms with Gasteiger partial charge in [-0.15, -0.1) is 0 Å². The Morgan fingerprint density at radius 3 is 2.32 bits per heavy atom. The minimum atomic E-state index is -1.01. The quantitative estimate of drug-likeness (QED) is 0.805. The molecule has 1 aliphatic rings. The molecule has 0 unspecified atom stereocenters. The van der Waals surface area contributed by atoms with Gasteiger partial charge in [0.1, 0.15) is 0 Å². The molecule has 2 rings (SSSR count). The van der Waals surface area contributed by atoms with Crippen molar-refractivity contribution in [3.05, 3.63) is 34.9 Å². The summed E-state index contributed by atoms with van der Waals surface area (Å²) < 4.78 is 0. The van der Waals surface area contributed by atoms with Gasteiger partial charge < -0.3 is 10.2 Å². The number of rotatable bonds is 6. The van der Waals surface area contributed by atoms with E-state index in [-0.39, 0.29) is 13.1 Å². The summed E-state index contributed by atoms with van der Waals surface area (Å²) in [5.41, 5.74) is 3.64. The summed E-state index contributed by atoms with van der Waals surface area (Å²) in [5.74, 6) is -2.02. The molecule has 19 heavy (non-hydrogen) atoms. The summed E-state index contributed by atoms with van der Waals surface area (Å²) in [7, 11) is 0. The van der Waals surface area contributed by atoms with Crippen molar-refractivity contribution in [1.29, 1.82) is 0 Å². The third kappa shape index (κ3) is 3.79. The Kier molecular flexibility index (Phi) is 4.16. The van der Waals surface area contributed by atoms with Crippen LogP contribution in [0.2, 0.25) is 0 Å². The number of carboxylic acids is 2. The van der Waals surface area contributed by atoms with E-state index < -0.39 is 11.9 Å². The van der Waals surface area contributed by atoms with Crippen molar-refractivity contribution in [2.24, 2.45) is 0 Å². The van der Waals surface area contributed by atoms with Crippen LogP contribution in [0.5, 0.6) is 0 Å². The van der Waals surface area contributed by atoms with Gasteiger partial charge in [0.15, 0.2) is 0 Å². The van der Waals surface area contributed by atoms with E-state index in [9.17, 15) is 9.59 Å². The van der Waals surface area contributed by atoms with Crippen LogP contribution in [0.3, 0.4) is 0 Å². The lowest BCUT2D eigenvalue weighted by atomic mass is 10.1. The van der Waals surface area contributed by atoms with Gasteiger partial charge in [-0.25, -0.2) is 0 Å². The zero-order chi connectivity index (χ0) is 13.8. The molecule has 2 N–H and O–H groups in total. The Labute approximate surface area is 111 Å². The third-order valence-electron chi connectivity index (χ3n) is 3.29. The molecule has 0 heterocycles. The summed E-state index contributed by atoms with van der Waals surface area (Å²) >= 11 is 0. The van der Waals surface area contributed by atoms with Crippen molar-refractivity contribution in [2.45, 2.75) is 25.8 Å². The highest BCUT2D eigenvalue weighted by Crippen LogP contribution is 2.23. The maximum Gasteiger partial charge on any atom is 0.317 e. The second-order valence-electron chi connectivity index (χ2n) is 4.89. The topological polar surface area (TPSA) is 77.8 Å². The molecule has 0 bridgehead atoms. The highest BCUT2D eigenvalue weighted by Gasteiger charge is 2.16. The molecule has 102 valence electrons. The zero-order valence-corrected chi connectivity index (χ0v) is 10.6. The maximum atomic E-state index is 10.7. The summed E-state index contributed by atoms with van der Waals surface area (Å²) in [5, 5.41) is 17.6. The molecule has 0 amide bonds. The number of nitrogens with zero attached hydrogens (tertiary/aromatic N) is 1. The Hall–Kier alpha value is -1.88. The Morgan fingerprint density at radius 2 is 1.68 bits per heavy atom. The number of carboxylic acid groups (broad SMARTS) is 2. The molecule has 0 atom stereocenters. The minimum absolute atomic E-state index is 0.261. The van der Waals surface area contributed by atoms with Gasteiger partial charge in [-0.1, -0.05) is 18.2 Å². The molecule has 5 heteroatoms. The number of aryl methyl sites for hydroxylation is 2. The van der Waals surface area contributed by atoms with Crippen molar-refractivity contribution < 1.29 is 19.8 Å². The number of aliphatic carboxylic acids is 2. The van der Waals surface area contributed by atoms with E-state index in [1.165, 1.54) is 16.0 Å². The lowest BCUT2D eigenvalue weighted by Crippen LogP contribution is -2.33. The van der Waals surface area contributed by atoms with Crippen molar-refractivity contribution in [3.8, 4) is 0 Å². The van der Waals surface area contributed by atoms with Gasteiger partial charge in [0.2, 0.25) is 0 Å². The fourth-order valence-electron chi connectivity index (χ4n) is 2.53. The SMILES string of the molecule is O=C(O)CN(CC(=O)O)Cc1ccc2c(c1)CCC2.